The van der Waals surface area contributed by atoms with Gasteiger partial charge in [0.05, 0.1) is 6.04 Å². The lowest BCUT2D eigenvalue weighted by Gasteiger charge is -2.55. The molecule has 0 radical (unpaired) electrons. The van der Waals surface area contributed by atoms with Crippen molar-refractivity contribution in [2.45, 2.75) is 58.0 Å². The quantitative estimate of drug-likeness (QED) is 0.800. The molecule has 4 saturated carbocycles. The van der Waals surface area contributed by atoms with Gasteiger partial charge in [-0.3, -0.25) is 4.79 Å². The van der Waals surface area contributed by atoms with Crippen LogP contribution in [0.2, 0.25) is 0 Å². The van der Waals surface area contributed by atoms with Gasteiger partial charge < -0.3 is 10.6 Å². The number of carbonyl (C=O) groups is 1. The average Bonchev–Trinajstić information content (AvgIpc) is 2.33. The van der Waals surface area contributed by atoms with E-state index in [1.165, 1.54) is 32.1 Å². The second-order valence-electron chi connectivity index (χ2n) is 6.74. The van der Waals surface area contributed by atoms with Gasteiger partial charge in [-0.2, -0.15) is 0 Å². The zero-order valence-electron chi connectivity index (χ0n) is 11.6. The molecule has 0 saturated heterocycles. The van der Waals surface area contributed by atoms with Crippen molar-refractivity contribution in [3.05, 3.63) is 0 Å². The maximum absolute atomic E-state index is 11.8. The minimum atomic E-state index is -0.0347. The molecule has 0 heterocycles. The molecule has 1 amide bonds. The molecular weight excluding hydrogens is 224 g/mol. The third kappa shape index (κ3) is 2.18. The van der Waals surface area contributed by atoms with Crippen molar-refractivity contribution in [2.24, 2.45) is 23.7 Å². The predicted molar refractivity (Wildman–Crippen MR) is 72.1 cm³/mol. The number of rotatable bonds is 4. The highest BCUT2D eigenvalue weighted by Gasteiger charge is 2.48. The molecule has 0 aromatic carbocycles. The van der Waals surface area contributed by atoms with E-state index in [1.54, 1.807) is 0 Å². The summed E-state index contributed by atoms with van der Waals surface area (Å²) in [6.45, 7) is 4.72. The summed E-state index contributed by atoms with van der Waals surface area (Å²) in [5.41, 5.74) is 0. The molecule has 0 aromatic heterocycles. The summed E-state index contributed by atoms with van der Waals surface area (Å²) in [5.74, 6) is 3.86. The first-order valence-corrected chi connectivity index (χ1v) is 7.71. The summed E-state index contributed by atoms with van der Waals surface area (Å²) in [5, 5.41) is 6.55. The molecule has 0 spiro atoms. The Morgan fingerprint density at radius 1 is 1.11 bits per heavy atom. The van der Waals surface area contributed by atoms with Crippen LogP contribution in [-0.2, 0) is 4.79 Å². The Morgan fingerprint density at radius 2 is 1.67 bits per heavy atom. The molecular formula is C15H26N2O. The first kappa shape index (κ1) is 12.5. The van der Waals surface area contributed by atoms with Crippen molar-refractivity contribution in [3.63, 3.8) is 0 Å². The van der Waals surface area contributed by atoms with Crippen molar-refractivity contribution < 1.29 is 4.79 Å². The zero-order chi connectivity index (χ0) is 12.7. The average molecular weight is 250 g/mol. The smallest absolute Gasteiger partial charge is 0.236 e. The highest BCUT2D eigenvalue weighted by Crippen LogP contribution is 2.53. The molecule has 4 fully saturated rings. The Bertz CT molecular complexity index is 300. The van der Waals surface area contributed by atoms with E-state index in [1.807, 2.05) is 13.8 Å². The minimum absolute atomic E-state index is 0.0347. The number of hydrogen-bond acceptors (Lipinski definition) is 2. The second kappa shape index (κ2) is 4.84. The number of amides is 1. The van der Waals surface area contributed by atoms with Gasteiger partial charge in [0.15, 0.2) is 0 Å². The largest absolute Gasteiger partial charge is 0.355 e. The Balaban J connectivity index is 1.61. The molecule has 4 aliphatic carbocycles. The van der Waals surface area contributed by atoms with Crippen LogP contribution in [0.4, 0.5) is 0 Å². The van der Waals surface area contributed by atoms with Gasteiger partial charge in [-0.05, 0) is 69.6 Å². The number of hydrogen-bond donors (Lipinski definition) is 2. The number of carbonyl (C=O) groups excluding carboxylic acids is 1. The van der Waals surface area contributed by atoms with Crippen LogP contribution < -0.4 is 10.6 Å². The number of nitrogens with one attached hydrogen (secondary N) is 2. The lowest BCUT2D eigenvalue weighted by Crippen LogP contribution is -2.58. The van der Waals surface area contributed by atoms with Crippen LogP contribution >= 0.6 is 0 Å². The molecule has 1 unspecified atom stereocenters. The van der Waals surface area contributed by atoms with Crippen LogP contribution in [0.15, 0.2) is 0 Å². The van der Waals surface area contributed by atoms with Crippen molar-refractivity contribution in [2.75, 3.05) is 6.54 Å². The van der Waals surface area contributed by atoms with Crippen LogP contribution in [0.3, 0.4) is 0 Å². The Labute approximate surface area is 110 Å². The van der Waals surface area contributed by atoms with Crippen molar-refractivity contribution in [1.29, 1.82) is 0 Å². The highest BCUT2D eigenvalue weighted by molar-refractivity contribution is 5.81. The molecule has 2 N–H and O–H groups in total. The van der Waals surface area contributed by atoms with Gasteiger partial charge in [0.1, 0.15) is 0 Å². The molecule has 18 heavy (non-hydrogen) atoms. The van der Waals surface area contributed by atoms with Crippen LogP contribution in [-0.4, -0.2) is 24.5 Å². The lowest BCUT2D eigenvalue weighted by atomic mass is 9.54. The van der Waals surface area contributed by atoms with E-state index in [9.17, 15) is 4.79 Å². The Morgan fingerprint density at radius 3 is 2.17 bits per heavy atom. The van der Waals surface area contributed by atoms with Crippen molar-refractivity contribution in [1.82, 2.24) is 10.6 Å². The Kier molecular flexibility index (Phi) is 3.35. The maximum Gasteiger partial charge on any atom is 0.236 e. The maximum atomic E-state index is 11.8. The summed E-state index contributed by atoms with van der Waals surface area (Å²) in [6.07, 6.45) is 7.13. The normalized spacial score (nSPS) is 42.9. The van der Waals surface area contributed by atoms with E-state index < -0.39 is 0 Å². The van der Waals surface area contributed by atoms with Gasteiger partial charge in [0.2, 0.25) is 5.91 Å². The molecule has 102 valence electrons. The molecule has 3 heteroatoms. The fourth-order valence-electron chi connectivity index (χ4n) is 4.89. The number of likely N-dealkylation sites (N-methyl/N-ethyl adjacent to an activating group) is 1. The second-order valence-corrected chi connectivity index (χ2v) is 6.74. The summed E-state index contributed by atoms with van der Waals surface area (Å²) >= 11 is 0. The SMILES string of the molecule is CCNC(=O)C(C)NC1C2CC3CC(C2)CC1C3. The standard InChI is InChI=1S/C15H26N2O/c1-3-16-15(18)9(2)17-14-12-5-10-4-11(7-12)8-13(14)6-10/h9-14,17H,3-8H2,1-2H3,(H,16,18). The van der Waals surface area contributed by atoms with E-state index in [4.69, 9.17) is 0 Å². The monoisotopic (exact) mass is 250 g/mol. The molecule has 4 rings (SSSR count). The van der Waals surface area contributed by atoms with Gasteiger partial charge in [-0.25, -0.2) is 0 Å². The van der Waals surface area contributed by atoms with E-state index in [0.29, 0.717) is 6.04 Å². The van der Waals surface area contributed by atoms with E-state index in [0.717, 1.165) is 30.2 Å². The van der Waals surface area contributed by atoms with Gasteiger partial charge in [-0.15, -0.1) is 0 Å². The Hall–Kier alpha value is -0.570. The molecule has 4 bridgehead atoms. The summed E-state index contributed by atoms with van der Waals surface area (Å²) < 4.78 is 0. The molecule has 0 aromatic rings. The van der Waals surface area contributed by atoms with E-state index in [2.05, 4.69) is 10.6 Å². The van der Waals surface area contributed by atoms with Crippen LogP contribution in [0.5, 0.6) is 0 Å². The van der Waals surface area contributed by atoms with Gasteiger partial charge in [0.25, 0.3) is 0 Å². The third-order valence-corrected chi connectivity index (χ3v) is 5.41. The molecule has 3 nitrogen and oxygen atoms in total. The van der Waals surface area contributed by atoms with Gasteiger partial charge >= 0.3 is 0 Å². The third-order valence-electron chi connectivity index (χ3n) is 5.41. The highest BCUT2D eigenvalue weighted by atomic mass is 16.2. The van der Waals surface area contributed by atoms with Crippen LogP contribution in [0.1, 0.15) is 46.0 Å². The van der Waals surface area contributed by atoms with Crippen LogP contribution in [0.25, 0.3) is 0 Å². The topological polar surface area (TPSA) is 41.1 Å². The fourth-order valence-corrected chi connectivity index (χ4v) is 4.89. The predicted octanol–water partition coefficient (Wildman–Crippen LogP) is 1.93. The summed E-state index contributed by atoms with van der Waals surface area (Å²) in [6, 6.07) is 0.572. The van der Waals surface area contributed by atoms with Crippen LogP contribution in [0, 0.1) is 23.7 Å². The summed E-state index contributed by atoms with van der Waals surface area (Å²) in [7, 11) is 0. The molecule has 4 aliphatic rings. The molecule has 1 atom stereocenters. The zero-order valence-corrected chi connectivity index (χ0v) is 11.6. The minimum Gasteiger partial charge on any atom is -0.355 e. The van der Waals surface area contributed by atoms with E-state index >= 15 is 0 Å². The van der Waals surface area contributed by atoms with Gasteiger partial charge in [-0.1, -0.05) is 0 Å². The van der Waals surface area contributed by atoms with Gasteiger partial charge in [0, 0.05) is 12.6 Å². The lowest BCUT2D eigenvalue weighted by molar-refractivity contribution is -0.123. The fraction of sp³-hybridized carbons (Fsp3) is 0.933. The van der Waals surface area contributed by atoms with Crippen molar-refractivity contribution in [3.8, 4) is 0 Å². The first-order chi connectivity index (χ1) is 8.67. The van der Waals surface area contributed by atoms with Crippen molar-refractivity contribution >= 4 is 5.91 Å². The molecule has 0 aliphatic heterocycles. The van der Waals surface area contributed by atoms with E-state index in [-0.39, 0.29) is 11.9 Å². The first-order valence-electron chi connectivity index (χ1n) is 7.71. The summed E-state index contributed by atoms with van der Waals surface area (Å²) in [4.78, 5) is 11.8.